The van der Waals surface area contributed by atoms with Crippen molar-refractivity contribution in [2.45, 2.75) is 36.8 Å². The Balaban J connectivity index is 1.39. The smallest absolute Gasteiger partial charge is 0.326 e. The predicted molar refractivity (Wildman–Crippen MR) is 141 cm³/mol. The van der Waals surface area contributed by atoms with E-state index in [1.807, 2.05) is 91.0 Å². The first-order chi connectivity index (χ1) is 19.0. The molecular formula is C31H30N2O6. The summed E-state index contributed by atoms with van der Waals surface area (Å²) < 4.78 is 18.5. The summed E-state index contributed by atoms with van der Waals surface area (Å²) in [5.74, 6) is -1.83. The topological polar surface area (TPSA) is 94.2 Å². The monoisotopic (exact) mass is 526 g/mol. The van der Waals surface area contributed by atoms with Crippen molar-refractivity contribution in [2.24, 2.45) is 11.8 Å². The lowest BCUT2D eigenvalue weighted by atomic mass is 9.75. The molecular weight excluding hydrogens is 496 g/mol. The number of nitrogens with one attached hydrogen (secondary N) is 1. The van der Waals surface area contributed by atoms with E-state index < -0.39 is 47.8 Å². The third-order valence-corrected chi connectivity index (χ3v) is 8.18. The molecule has 200 valence electrons. The van der Waals surface area contributed by atoms with E-state index in [2.05, 4.69) is 5.32 Å². The SMILES string of the molecule is COC(=O)[C@H]1C2CC(=O)NC(=O)N2[C@H]2C[C@@H]1[C@H](COC(c1ccccc1)(c1ccccc1)c1ccccc1)O2. The summed E-state index contributed by atoms with van der Waals surface area (Å²) in [5, 5.41) is 2.36. The zero-order valence-corrected chi connectivity index (χ0v) is 21.6. The van der Waals surface area contributed by atoms with E-state index in [1.54, 1.807) is 0 Å². The summed E-state index contributed by atoms with van der Waals surface area (Å²) >= 11 is 0. The third kappa shape index (κ3) is 4.30. The third-order valence-electron chi connectivity index (χ3n) is 8.18. The van der Waals surface area contributed by atoms with Crippen molar-refractivity contribution in [2.75, 3.05) is 13.7 Å². The van der Waals surface area contributed by atoms with Gasteiger partial charge in [-0.1, -0.05) is 91.0 Å². The van der Waals surface area contributed by atoms with Crippen molar-refractivity contribution in [1.82, 2.24) is 10.2 Å². The van der Waals surface area contributed by atoms with Crippen molar-refractivity contribution in [3.63, 3.8) is 0 Å². The van der Waals surface area contributed by atoms with Crippen LogP contribution < -0.4 is 5.32 Å². The summed E-state index contributed by atoms with van der Waals surface area (Å²) in [6.07, 6.45) is -0.566. The number of imide groups is 1. The Hall–Kier alpha value is -4.01. The van der Waals surface area contributed by atoms with Crippen molar-refractivity contribution in [1.29, 1.82) is 0 Å². The Labute approximate surface area is 226 Å². The lowest BCUT2D eigenvalue weighted by molar-refractivity contribution is -0.153. The molecule has 5 atom stereocenters. The number of urea groups is 1. The van der Waals surface area contributed by atoms with Crippen molar-refractivity contribution < 1.29 is 28.6 Å². The van der Waals surface area contributed by atoms with Gasteiger partial charge in [0.15, 0.2) is 0 Å². The van der Waals surface area contributed by atoms with Gasteiger partial charge in [-0.05, 0) is 23.1 Å². The molecule has 3 aliphatic heterocycles. The molecule has 0 aliphatic carbocycles. The minimum Gasteiger partial charge on any atom is -0.469 e. The maximum atomic E-state index is 13.0. The molecule has 3 fully saturated rings. The van der Waals surface area contributed by atoms with Crippen LogP contribution in [0.25, 0.3) is 0 Å². The van der Waals surface area contributed by atoms with E-state index in [-0.39, 0.29) is 18.9 Å². The molecule has 1 unspecified atom stereocenters. The number of benzene rings is 3. The minimum absolute atomic E-state index is 0.0252. The highest BCUT2D eigenvalue weighted by molar-refractivity contribution is 5.98. The molecule has 39 heavy (non-hydrogen) atoms. The number of hydrogen-bond acceptors (Lipinski definition) is 6. The molecule has 3 aromatic carbocycles. The van der Waals surface area contributed by atoms with Gasteiger partial charge in [0.2, 0.25) is 5.91 Å². The number of methoxy groups -OCH3 is 1. The van der Waals surface area contributed by atoms with Gasteiger partial charge in [-0.3, -0.25) is 19.8 Å². The number of rotatable bonds is 7. The second-order valence-electron chi connectivity index (χ2n) is 10.2. The number of ether oxygens (including phenoxy) is 3. The average Bonchev–Trinajstić information content (AvgIpc) is 3.32. The van der Waals surface area contributed by atoms with Crippen LogP contribution >= 0.6 is 0 Å². The van der Waals surface area contributed by atoms with Crippen LogP contribution in [-0.2, 0) is 29.4 Å². The van der Waals surface area contributed by atoms with Gasteiger partial charge in [0.25, 0.3) is 0 Å². The number of hydrogen-bond donors (Lipinski definition) is 1. The predicted octanol–water partition coefficient (Wildman–Crippen LogP) is 3.84. The normalized spacial score (nSPS) is 26.1. The van der Waals surface area contributed by atoms with Crippen molar-refractivity contribution in [3.8, 4) is 0 Å². The van der Waals surface area contributed by atoms with Gasteiger partial charge in [-0.15, -0.1) is 0 Å². The Morgan fingerprint density at radius 2 is 1.46 bits per heavy atom. The van der Waals surface area contributed by atoms with E-state index in [9.17, 15) is 14.4 Å². The number of amides is 3. The summed E-state index contributed by atoms with van der Waals surface area (Å²) in [5.41, 5.74) is 1.91. The number of nitrogens with zero attached hydrogens (tertiary/aromatic N) is 1. The first-order valence-corrected chi connectivity index (χ1v) is 13.2. The maximum Gasteiger partial charge on any atom is 0.326 e. The number of fused-ring (bicyclic) bond motifs is 4. The van der Waals surface area contributed by atoms with Crippen LogP contribution in [-0.4, -0.2) is 54.9 Å². The van der Waals surface area contributed by atoms with Crippen molar-refractivity contribution >= 4 is 17.9 Å². The summed E-state index contributed by atoms with van der Waals surface area (Å²) in [6, 6.07) is 28.9. The zero-order chi connectivity index (χ0) is 27.0. The van der Waals surface area contributed by atoms with E-state index in [0.29, 0.717) is 6.42 Å². The molecule has 6 rings (SSSR count). The lowest BCUT2D eigenvalue weighted by Crippen LogP contribution is -2.64. The average molecular weight is 527 g/mol. The first kappa shape index (κ1) is 25.3. The van der Waals surface area contributed by atoms with Crippen LogP contribution in [0.15, 0.2) is 91.0 Å². The summed E-state index contributed by atoms with van der Waals surface area (Å²) in [6.45, 7) is 0.156. The highest BCUT2D eigenvalue weighted by atomic mass is 16.6. The Bertz CT molecular complexity index is 1250. The number of carbonyl (C=O) groups is 3. The first-order valence-electron chi connectivity index (χ1n) is 13.2. The summed E-state index contributed by atoms with van der Waals surface area (Å²) in [4.78, 5) is 39.6. The Morgan fingerprint density at radius 1 is 0.923 bits per heavy atom. The maximum absolute atomic E-state index is 13.0. The molecule has 0 spiro atoms. The fourth-order valence-electron chi connectivity index (χ4n) is 6.51. The second kappa shape index (κ2) is 10.3. The van der Waals surface area contributed by atoms with Crippen LogP contribution in [0.1, 0.15) is 29.5 Å². The highest BCUT2D eigenvalue weighted by Gasteiger charge is 2.59. The molecule has 3 heterocycles. The van der Waals surface area contributed by atoms with Gasteiger partial charge < -0.3 is 14.2 Å². The molecule has 0 aromatic heterocycles. The van der Waals surface area contributed by atoms with Crippen LogP contribution in [0.4, 0.5) is 4.79 Å². The molecule has 3 amide bonds. The molecule has 8 nitrogen and oxygen atoms in total. The second-order valence-corrected chi connectivity index (χ2v) is 10.2. The highest BCUT2D eigenvalue weighted by Crippen LogP contribution is 2.47. The summed E-state index contributed by atoms with van der Waals surface area (Å²) in [7, 11) is 1.33. The number of carbonyl (C=O) groups excluding carboxylic acids is 3. The van der Waals surface area contributed by atoms with Gasteiger partial charge in [0, 0.05) is 12.3 Å². The standard InChI is InChI=1S/C31H30N2O6/c1-37-29(35)28-23-17-27(33-24(28)18-26(34)32-30(33)36)39-25(23)19-38-31(20-11-5-2-6-12-20,21-13-7-3-8-14-21)22-15-9-4-10-16-22/h2-16,23-25,27-28H,17-19H2,1H3,(H,32,34,36)/t23-,24?,25+,27-,28-/m1/s1. The van der Waals surface area contributed by atoms with Gasteiger partial charge >= 0.3 is 12.0 Å². The molecule has 8 heteroatoms. The van der Waals surface area contributed by atoms with Gasteiger partial charge in [0.1, 0.15) is 11.8 Å². The molecule has 1 N–H and O–H groups in total. The largest absolute Gasteiger partial charge is 0.469 e. The molecule has 2 bridgehead atoms. The molecule has 3 saturated heterocycles. The van der Waals surface area contributed by atoms with Gasteiger partial charge in [0.05, 0.1) is 31.8 Å². The van der Waals surface area contributed by atoms with Crippen LogP contribution in [0.2, 0.25) is 0 Å². The van der Waals surface area contributed by atoms with Crippen molar-refractivity contribution in [3.05, 3.63) is 108 Å². The van der Waals surface area contributed by atoms with Crippen LogP contribution in [0, 0.1) is 11.8 Å². The van der Waals surface area contributed by atoms with Crippen LogP contribution in [0.3, 0.4) is 0 Å². The van der Waals surface area contributed by atoms with E-state index in [1.165, 1.54) is 12.0 Å². The lowest BCUT2D eigenvalue weighted by Gasteiger charge is -2.45. The molecule has 3 aliphatic rings. The molecule has 0 radical (unpaired) electrons. The quantitative estimate of drug-likeness (QED) is 0.372. The fraction of sp³-hybridized carbons (Fsp3) is 0.323. The van der Waals surface area contributed by atoms with Gasteiger partial charge in [-0.2, -0.15) is 0 Å². The number of esters is 1. The number of piperidine rings is 1. The van der Waals surface area contributed by atoms with Crippen LogP contribution in [0.5, 0.6) is 0 Å². The fourth-order valence-corrected chi connectivity index (χ4v) is 6.51. The van der Waals surface area contributed by atoms with E-state index >= 15 is 0 Å². The molecule has 0 saturated carbocycles. The molecule has 3 aromatic rings. The zero-order valence-electron chi connectivity index (χ0n) is 21.6. The van der Waals surface area contributed by atoms with Gasteiger partial charge in [-0.25, -0.2) is 4.79 Å². The van der Waals surface area contributed by atoms with E-state index in [4.69, 9.17) is 14.2 Å². The minimum atomic E-state index is -0.953. The Morgan fingerprint density at radius 3 is 1.97 bits per heavy atom. The van der Waals surface area contributed by atoms with E-state index in [0.717, 1.165) is 16.7 Å². The Kier molecular flexibility index (Phi) is 6.66.